The fourth-order valence-electron chi connectivity index (χ4n) is 4.35. The highest BCUT2D eigenvalue weighted by Crippen LogP contribution is 2.30. The zero-order valence-corrected chi connectivity index (χ0v) is 24.6. The quantitative estimate of drug-likeness (QED) is 0.174. The molecule has 4 N–H and O–H groups in total. The molecule has 2 aliphatic heterocycles. The number of hydroxylamine groups is 2. The van der Waals surface area contributed by atoms with Crippen molar-refractivity contribution in [1.82, 2.24) is 26.1 Å². The highest BCUT2D eigenvalue weighted by atomic mass is 32.3. The molecule has 16 nitrogen and oxygen atoms in total. The summed E-state index contributed by atoms with van der Waals surface area (Å²) in [6.45, 7) is 8.67. The molecule has 17 heteroatoms. The van der Waals surface area contributed by atoms with Crippen molar-refractivity contribution in [3.63, 3.8) is 0 Å². The minimum absolute atomic E-state index is 0.00591. The van der Waals surface area contributed by atoms with Gasteiger partial charge in [0.25, 0.3) is 5.91 Å². The number of benzene rings is 1. The number of ether oxygens (including phenoxy) is 2. The Morgan fingerprint density at radius 2 is 1.71 bits per heavy atom. The van der Waals surface area contributed by atoms with Gasteiger partial charge in [-0.05, 0) is 57.2 Å². The van der Waals surface area contributed by atoms with Crippen molar-refractivity contribution < 1.29 is 50.7 Å². The van der Waals surface area contributed by atoms with E-state index in [-0.39, 0.29) is 37.5 Å². The topological polar surface area (TPSA) is 210 Å². The van der Waals surface area contributed by atoms with Crippen LogP contribution < -0.4 is 20.9 Å². The van der Waals surface area contributed by atoms with Crippen molar-refractivity contribution in [1.29, 1.82) is 0 Å². The zero-order valence-electron chi connectivity index (χ0n) is 23.8. The van der Waals surface area contributed by atoms with Crippen LogP contribution in [0.15, 0.2) is 24.3 Å². The van der Waals surface area contributed by atoms with Gasteiger partial charge in [0.1, 0.15) is 23.4 Å². The molecule has 2 heterocycles. The lowest BCUT2D eigenvalue weighted by Crippen LogP contribution is -2.54. The van der Waals surface area contributed by atoms with E-state index in [9.17, 15) is 32.4 Å². The number of carbonyl (C=O) groups is 5. The van der Waals surface area contributed by atoms with E-state index in [1.807, 2.05) is 0 Å². The summed E-state index contributed by atoms with van der Waals surface area (Å²) in [4.78, 5) is 63.3. The highest BCUT2D eigenvalue weighted by Gasteiger charge is 2.49. The van der Waals surface area contributed by atoms with Crippen LogP contribution in [-0.2, 0) is 40.2 Å². The smallest absolute Gasteiger partial charge is 0.418 e. The molecule has 1 aromatic carbocycles. The highest BCUT2D eigenvalue weighted by molar-refractivity contribution is 7.80. The number of hydrogen-bond donors (Lipinski definition) is 4. The number of hydrazine groups is 1. The maximum absolute atomic E-state index is 12.6. The number of esters is 1. The van der Waals surface area contributed by atoms with Gasteiger partial charge in [0.05, 0.1) is 12.5 Å². The number of nitrogens with one attached hydrogen (secondary N) is 3. The predicted octanol–water partition coefficient (Wildman–Crippen LogP) is 0.834. The molecule has 0 spiro atoms. The van der Waals surface area contributed by atoms with Gasteiger partial charge in [0.2, 0.25) is 5.91 Å². The Kier molecular flexibility index (Phi) is 10.0. The molecule has 0 aliphatic carbocycles. The van der Waals surface area contributed by atoms with Gasteiger partial charge in [-0.15, -0.1) is 4.28 Å². The first-order chi connectivity index (χ1) is 19.4. The van der Waals surface area contributed by atoms with Crippen LogP contribution in [0.2, 0.25) is 0 Å². The van der Waals surface area contributed by atoms with Crippen molar-refractivity contribution in [2.75, 3.05) is 6.54 Å². The fraction of sp³-hybridized carbons (Fsp3) is 0.560. The second-order valence-corrected chi connectivity index (χ2v) is 12.2. The minimum atomic E-state index is -4.92. The molecule has 3 rings (SSSR count). The van der Waals surface area contributed by atoms with Crippen LogP contribution in [0.25, 0.3) is 0 Å². The Balaban J connectivity index is 1.47. The standard InChI is InChI=1S/C25H35N5O11S/c1-14(2)20(22(33)40-25(3,4)5)26-23(34)39-17-9-6-15(7-10-17)12-19(31)27-28-21(32)18-11-8-16-13-29(18)24(35)30(16)41-42(36,37)38/h6-7,9-10,14,16,18,20H,8,11-13H2,1-5H3,(H,26,34)(H,27,31)(H,28,32)(H,36,37,38)/t16-,18+,20+/m1/s1. The Morgan fingerprint density at radius 3 is 2.29 bits per heavy atom. The van der Waals surface area contributed by atoms with Crippen molar-refractivity contribution in [2.45, 2.75) is 77.6 Å². The number of rotatable bonds is 9. The van der Waals surface area contributed by atoms with Crippen LogP contribution in [-0.4, -0.2) is 83.1 Å². The van der Waals surface area contributed by atoms with Crippen LogP contribution >= 0.6 is 0 Å². The van der Waals surface area contributed by atoms with Gasteiger partial charge in [0, 0.05) is 6.54 Å². The monoisotopic (exact) mass is 613 g/mol. The number of nitrogens with zero attached hydrogens (tertiary/aromatic N) is 2. The molecule has 3 atom stereocenters. The van der Waals surface area contributed by atoms with E-state index >= 15 is 0 Å². The summed E-state index contributed by atoms with van der Waals surface area (Å²) in [5.74, 6) is -1.95. The number of amides is 5. The number of fused-ring (bicyclic) bond motifs is 2. The number of urea groups is 1. The minimum Gasteiger partial charge on any atom is -0.458 e. The number of piperidine rings is 1. The van der Waals surface area contributed by atoms with Gasteiger partial charge in [-0.3, -0.25) is 25.0 Å². The first-order valence-electron chi connectivity index (χ1n) is 13.1. The number of hydrogen-bond acceptors (Lipinski definition) is 10. The van der Waals surface area contributed by atoms with Crippen LogP contribution in [0.3, 0.4) is 0 Å². The third kappa shape index (κ3) is 9.02. The molecule has 5 amide bonds. The van der Waals surface area contributed by atoms with Crippen molar-refractivity contribution in [3.05, 3.63) is 29.8 Å². The van der Waals surface area contributed by atoms with E-state index in [0.717, 1.165) is 4.90 Å². The van der Waals surface area contributed by atoms with Crippen LogP contribution in [0.4, 0.5) is 9.59 Å². The molecule has 1 aromatic rings. The Bertz CT molecular complexity index is 1310. The van der Waals surface area contributed by atoms with E-state index in [1.54, 1.807) is 34.6 Å². The summed E-state index contributed by atoms with van der Waals surface area (Å²) >= 11 is 0. The van der Waals surface area contributed by atoms with Gasteiger partial charge < -0.3 is 19.7 Å². The first-order valence-corrected chi connectivity index (χ1v) is 14.5. The van der Waals surface area contributed by atoms with Gasteiger partial charge in [0.15, 0.2) is 0 Å². The summed E-state index contributed by atoms with van der Waals surface area (Å²) in [6.07, 6.45) is -0.596. The third-order valence-electron chi connectivity index (χ3n) is 6.22. The maximum atomic E-state index is 12.6. The van der Waals surface area contributed by atoms with Crippen LogP contribution in [0, 0.1) is 5.92 Å². The summed E-state index contributed by atoms with van der Waals surface area (Å²) in [5, 5.41) is 3.02. The molecule has 0 radical (unpaired) electrons. The predicted molar refractivity (Wildman–Crippen MR) is 143 cm³/mol. The van der Waals surface area contributed by atoms with Gasteiger partial charge >= 0.3 is 28.5 Å². The van der Waals surface area contributed by atoms with E-state index in [2.05, 4.69) is 20.5 Å². The molecular weight excluding hydrogens is 578 g/mol. The Hall–Kier alpha value is -3.96. The van der Waals surface area contributed by atoms with E-state index < -0.39 is 64.0 Å². The van der Waals surface area contributed by atoms with Gasteiger partial charge in [-0.2, -0.15) is 13.5 Å². The Labute approximate surface area is 242 Å². The van der Waals surface area contributed by atoms with Crippen LogP contribution in [0.5, 0.6) is 5.75 Å². The maximum Gasteiger partial charge on any atom is 0.418 e. The summed E-state index contributed by atoms with van der Waals surface area (Å²) < 4.78 is 45.8. The normalized spacial score (nSPS) is 19.3. The van der Waals surface area contributed by atoms with Gasteiger partial charge in [-0.1, -0.05) is 26.0 Å². The molecule has 42 heavy (non-hydrogen) atoms. The molecule has 2 bridgehead atoms. The van der Waals surface area contributed by atoms with E-state index in [4.69, 9.17) is 14.0 Å². The second kappa shape index (κ2) is 12.9. The van der Waals surface area contributed by atoms with Crippen molar-refractivity contribution >= 4 is 40.3 Å². The summed E-state index contributed by atoms with van der Waals surface area (Å²) in [5.41, 5.74) is 4.31. The molecule has 2 fully saturated rings. The number of carbonyl (C=O) groups excluding carboxylic acids is 5. The van der Waals surface area contributed by atoms with Gasteiger partial charge in [-0.25, -0.2) is 14.4 Å². The Morgan fingerprint density at radius 1 is 1.07 bits per heavy atom. The summed E-state index contributed by atoms with van der Waals surface area (Å²) in [6, 6.07) is 2.51. The summed E-state index contributed by atoms with van der Waals surface area (Å²) in [7, 11) is -4.92. The van der Waals surface area contributed by atoms with E-state index in [0.29, 0.717) is 10.6 Å². The lowest BCUT2D eigenvalue weighted by Gasteiger charge is -2.29. The first kappa shape index (κ1) is 32.6. The second-order valence-electron chi connectivity index (χ2n) is 11.2. The van der Waals surface area contributed by atoms with E-state index in [1.165, 1.54) is 24.3 Å². The third-order valence-corrected chi connectivity index (χ3v) is 6.57. The molecule has 0 aromatic heterocycles. The average molecular weight is 614 g/mol. The SMILES string of the molecule is CC(C)[C@H](NC(=O)Oc1ccc(CC(=O)NNC(=O)[C@@H]2CC[C@@H]3CN2C(=O)N3OS(=O)(=O)O)cc1)C(=O)OC(C)(C)C. The molecular formula is C25H35N5O11S. The average Bonchev–Trinajstić information content (AvgIpc) is 3.09. The largest absolute Gasteiger partial charge is 0.458 e. The van der Waals surface area contributed by atoms with Crippen LogP contribution in [0.1, 0.15) is 53.0 Å². The zero-order chi connectivity index (χ0) is 31.4. The van der Waals surface area contributed by atoms with Crippen molar-refractivity contribution in [3.8, 4) is 5.75 Å². The lowest BCUT2D eigenvalue weighted by atomic mass is 10.0. The molecule has 232 valence electrons. The lowest BCUT2D eigenvalue weighted by molar-refractivity contribution is -0.158. The fourth-order valence-corrected chi connectivity index (χ4v) is 4.74. The van der Waals surface area contributed by atoms with Crippen molar-refractivity contribution in [2.24, 2.45) is 5.92 Å². The molecule has 0 unspecified atom stereocenters. The molecule has 2 saturated heterocycles. The molecule has 0 saturated carbocycles. The molecule has 2 aliphatic rings.